The van der Waals surface area contributed by atoms with Crippen LogP contribution >= 0.6 is 0 Å². The van der Waals surface area contributed by atoms with E-state index in [0.29, 0.717) is 6.04 Å². The van der Waals surface area contributed by atoms with Crippen molar-refractivity contribution in [2.75, 3.05) is 7.05 Å². The van der Waals surface area contributed by atoms with Crippen LogP contribution in [-0.4, -0.2) is 13.1 Å². The van der Waals surface area contributed by atoms with Crippen LogP contribution in [0.2, 0.25) is 0 Å². The van der Waals surface area contributed by atoms with E-state index in [-0.39, 0.29) is 5.82 Å². The van der Waals surface area contributed by atoms with Crippen molar-refractivity contribution in [2.45, 2.75) is 31.7 Å². The summed E-state index contributed by atoms with van der Waals surface area (Å²) < 4.78 is 13.4. The normalized spacial score (nSPS) is 12.4. The first-order chi connectivity index (χ1) is 7.77. The Balaban J connectivity index is 2.49. The third kappa shape index (κ3) is 4.15. The molecule has 0 fully saturated rings. The molecule has 0 heterocycles. The van der Waals surface area contributed by atoms with Gasteiger partial charge in [0.05, 0.1) is 0 Å². The van der Waals surface area contributed by atoms with Crippen LogP contribution in [0, 0.1) is 5.82 Å². The van der Waals surface area contributed by atoms with E-state index in [1.165, 1.54) is 6.07 Å². The van der Waals surface area contributed by atoms with E-state index in [2.05, 4.69) is 11.9 Å². The fraction of sp³-hybridized carbons (Fsp3) is 0.429. The van der Waals surface area contributed by atoms with Crippen molar-refractivity contribution < 1.29 is 4.39 Å². The second-order valence-corrected chi connectivity index (χ2v) is 4.00. The lowest BCUT2D eigenvalue weighted by Gasteiger charge is -2.16. The van der Waals surface area contributed by atoms with Gasteiger partial charge in [-0.15, -0.1) is 6.58 Å². The van der Waals surface area contributed by atoms with Gasteiger partial charge in [0, 0.05) is 6.04 Å². The molecule has 0 spiro atoms. The van der Waals surface area contributed by atoms with Gasteiger partial charge in [-0.2, -0.15) is 0 Å². The number of allylic oxidation sites excluding steroid dienone is 1. The lowest BCUT2D eigenvalue weighted by molar-refractivity contribution is 0.491. The highest BCUT2D eigenvalue weighted by molar-refractivity contribution is 5.18. The molecule has 0 amide bonds. The summed E-state index contributed by atoms with van der Waals surface area (Å²) in [5, 5.41) is 3.24. The van der Waals surface area contributed by atoms with E-state index in [1.807, 2.05) is 25.3 Å². The summed E-state index contributed by atoms with van der Waals surface area (Å²) in [7, 11) is 1.93. The van der Waals surface area contributed by atoms with Crippen molar-refractivity contribution in [3.63, 3.8) is 0 Å². The molecular formula is C14H20FN. The predicted octanol–water partition coefficient (Wildman–Crippen LogP) is 3.31. The van der Waals surface area contributed by atoms with Gasteiger partial charge >= 0.3 is 0 Å². The summed E-state index contributed by atoms with van der Waals surface area (Å²) in [5.74, 6) is -0.105. The molecule has 1 nitrogen and oxygen atoms in total. The van der Waals surface area contributed by atoms with Crippen LogP contribution in [0.4, 0.5) is 4.39 Å². The first-order valence-electron chi connectivity index (χ1n) is 5.79. The molecule has 0 aromatic heterocycles. The molecule has 0 bridgehead atoms. The van der Waals surface area contributed by atoms with Crippen LogP contribution < -0.4 is 5.32 Å². The van der Waals surface area contributed by atoms with Gasteiger partial charge in [-0.05, 0) is 44.4 Å². The summed E-state index contributed by atoms with van der Waals surface area (Å²) in [6, 6.07) is 7.33. The van der Waals surface area contributed by atoms with Crippen molar-refractivity contribution in [1.82, 2.24) is 5.32 Å². The Labute approximate surface area is 97.4 Å². The fourth-order valence-corrected chi connectivity index (χ4v) is 1.79. The zero-order valence-corrected chi connectivity index (χ0v) is 9.88. The summed E-state index contributed by atoms with van der Waals surface area (Å²) >= 11 is 0. The van der Waals surface area contributed by atoms with Gasteiger partial charge in [0.2, 0.25) is 0 Å². The Morgan fingerprint density at radius 3 is 2.81 bits per heavy atom. The molecule has 0 saturated heterocycles. The quantitative estimate of drug-likeness (QED) is 0.550. The summed E-state index contributed by atoms with van der Waals surface area (Å²) in [5.41, 5.74) is 0.792. The van der Waals surface area contributed by atoms with E-state index in [4.69, 9.17) is 0 Å². The molecule has 0 aliphatic heterocycles. The average Bonchev–Trinajstić information content (AvgIpc) is 2.30. The molecule has 1 aromatic rings. The van der Waals surface area contributed by atoms with Crippen LogP contribution in [-0.2, 0) is 6.42 Å². The van der Waals surface area contributed by atoms with Crippen LogP contribution in [0.5, 0.6) is 0 Å². The molecule has 2 heteroatoms. The van der Waals surface area contributed by atoms with Crippen molar-refractivity contribution in [2.24, 2.45) is 0 Å². The fourth-order valence-electron chi connectivity index (χ4n) is 1.79. The second kappa shape index (κ2) is 7.18. The third-order valence-electron chi connectivity index (χ3n) is 2.79. The molecule has 88 valence electrons. The molecule has 1 unspecified atom stereocenters. The van der Waals surface area contributed by atoms with Crippen molar-refractivity contribution in [1.29, 1.82) is 0 Å². The zero-order valence-electron chi connectivity index (χ0n) is 9.88. The Kier molecular flexibility index (Phi) is 5.79. The average molecular weight is 221 g/mol. The smallest absolute Gasteiger partial charge is 0.126 e. The van der Waals surface area contributed by atoms with Crippen LogP contribution in [0.3, 0.4) is 0 Å². The highest BCUT2D eigenvalue weighted by Gasteiger charge is 2.09. The second-order valence-electron chi connectivity index (χ2n) is 4.00. The molecule has 1 N–H and O–H groups in total. The molecule has 0 radical (unpaired) electrons. The van der Waals surface area contributed by atoms with Gasteiger partial charge < -0.3 is 5.32 Å². The van der Waals surface area contributed by atoms with Crippen molar-refractivity contribution in [3.8, 4) is 0 Å². The number of rotatable bonds is 7. The number of benzene rings is 1. The molecule has 1 rings (SSSR count). The van der Waals surface area contributed by atoms with Gasteiger partial charge in [-0.3, -0.25) is 0 Å². The number of hydrogen-bond acceptors (Lipinski definition) is 1. The van der Waals surface area contributed by atoms with Gasteiger partial charge in [0.1, 0.15) is 5.82 Å². The number of likely N-dealkylation sites (N-methyl/N-ethyl adjacent to an activating group) is 1. The summed E-state index contributed by atoms with van der Waals surface area (Å²) in [4.78, 5) is 0. The van der Waals surface area contributed by atoms with E-state index in [1.54, 1.807) is 6.07 Å². The Morgan fingerprint density at radius 1 is 1.44 bits per heavy atom. The maximum Gasteiger partial charge on any atom is 0.126 e. The lowest BCUT2D eigenvalue weighted by atomic mass is 10.0. The molecule has 0 aliphatic carbocycles. The maximum absolute atomic E-state index is 13.4. The van der Waals surface area contributed by atoms with Gasteiger partial charge in [-0.1, -0.05) is 24.3 Å². The third-order valence-corrected chi connectivity index (χ3v) is 2.79. The largest absolute Gasteiger partial charge is 0.317 e. The Bertz CT molecular complexity index is 322. The number of nitrogens with one attached hydrogen (secondary N) is 1. The van der Waals surface area contributed by atoms with Crippen LogP contribution in [0.25, 0.3) is 0 Å². The Morgan fingerprint density at radius 2 is 2.19 bits per heavy atom. The minimum Gasteiger partial charge on any atom is -0.317 e. The minimum atomic E-state index is -0.105. The van der Waals surface area contributed by atoms with E-state index >= 15 is 0 Å². The van der Waals surface area contributed by atoms with Gasteiger partial charge in [0.15, 0.2) is 0 Å². The monoisotopic (exact) mass is 221 g/mol. The summed E-state index contributed by atoms with van der Waals surface area (Å²) in [6.07, 6.45) is 5.85. The molecule has 1 aromatic carbocycles. The molecule has 0 saturated carbocycles. The molecule has 0 aliphatic rings. The minimum absolute atomic E-state index is 0.105. The first kappa shape index (κ1) is 12.9. The van der Waals surface area contributed by atoms with Crippen molar-refractivity contribution in [3.05, 3.63) is 48.3 Å². The van der Waals surface area contributed by atoms with Crippen LogP contribution in [0.1, 0.15) is 24.8 Å². The molecule has 1 atom stereocenters. The topological polar surface area (TPSA) is 12.0 Å². The van der Waals surface area contributed by atoms with Crippen molar-refractivity contribution >= 4 is 0 Å². The Hall–Kier alpha value is -1.15. The lowest BCUT2D eigenvalue weighted by Crippen LogP contribution is -2.27. The van der Waals surface area contributed by atoms with Gasteiger partial charge in [0.25, 0.3) is 0 Å². The van der Waals surface area contributed by atoms with Gasteiger partial charge in [-0.25, -0.2) is 4.39 Å². The zero-order chi connectivity index (χ0) is 11.8. The number of halogens is 1. The number of unbranched alkanes of at least 4 members (excludes halogenated alkanes) is 1. The molecule has 16 heavy (non-hydrogen) atoms. The van der Waals surface area contributed by atoms with E-state index in [0.717, 1.165) is 31.2 Å². The number of hydrogen-bond donors (Lipinski definition) is 1. The highest BCUT2D eigenvalue weighted by Crippen LogP contribution is 2.12. The SMILES string of the molecule is C=CCCCC(Cc1ccccc1F)NC. The van der Waals surface area contributed by atoms with Crippen LogP contribution in [0.15, 0.2) is 36.9 Å². The molecular weight excluding hydrogens is 201 g/mol. The predicted molar refractivity (Wildman–Crippen MR) is 67.0 cm³/mol. The maximum atomic E-state index is 13.4. The highest BCUT2D eigenvalue weighted by atomic mass is 19.1. The summed E-state index contributed by atoms with van der Waals surface area (Å²) in [6.45, 7) is 3.70. The first-order valence-corrected chi connectivity index (χ1v) is 5.79. The van der Waals surface area contributed by atoms with E-state index in [9.17, 15) is 4.39 Å². The van der Waals surface area contributed by atoms with E-state index < -0.39 is 0 Å². The standard InChI is InChI=1S/C14H20FN/c1-3-4-5-9-13(16-2)11-12-8-6-7-10-14(12)15/h3,6-8,10,13,16H,1,4-5,9,11H2,2H3.